The van der Waals surface area contributed by atoms with Crippen molar-refractivity contribution in [1.29, 1.82) is 0 Å². The molecule has 12 heteroatoms. The summed E-state index contributed by atoms with van der Waals surface area (Å²) in [5.74, 6) is -2.85. The lowest BCUT2D eigenvalue weighted by atomic mass is 9.95. The second kappa shape index (κ2) is 18.1. The molecule has 3 amide bonds. The third-order valence-electron chi connectivity index (χ3n) is 6.40. The van der Waals surface area contributed by atoms with Gasteiger partial charge < -0.3 is 41.1 Å². The van der Waals surface area contributed by atoms with E-state index in [0.717, 1.165) is 19.3 Å². The van der Waals surface area contributed by atoms with Crippen LogP contribution in [-0.4, -0.2) is 87.3 Å². The number of carbonyl (C=O) groups is 4. The zero-order valence-corrected chi connectivity index (χ0v) is 22.0. The lowest BCUT2D eigenvalue weighted by Gasteiger charge is -2.42. The molecule has 0 unspecified atom stereocenters. The maximum absolute atomic E-state index is 12.5. The van der Waals surface area contributed by atoms with Gasteiger partial charge in [-0.1, -0.05) is 58.3 Å². The Labute approximate surface area is 218 Å². The number of amides is 3. The third-order valence-corrected chi connectivity index (χ3v) is 6.40. The van der Waals surface area contributed by atoms with Crippen LogP contribution in [-0.2, 0) is 23.9 Å². The first-order valence-electron chi connectivity index (χ1n) is 13.3. The summed E-state index contributed by atoms with van der Waals surface area (Å²) in [6.07, 6.45) is 4.13. The Kier molecular flexibility index (Phi) is 16.0. The van der Waals surface area contributed by atoms with Crippen molar-refractivity contribution in [3.05, 3.63) is 0 Å². The molecule has 37 heavy (non-hydrogen) atoms. The molecule has 0 aromatic heterocycles. The Bertz CT molecular complexity index is 722. The SMILES string of the molecule is CCCCCCCCCCCC(=O)N[C@@H](CCC(=O)N[C@@H]1O[C@H](CO)[C@@H](O)[C@H](O)[C@H]1NC(C)=O)C(=O)O. The fourth-order valence-corrected chi connectivity index (χ4v) is 4.26. The molecule has 0 radical (unpaired) electrons. The molecule has 1 heterocycles. The van der Waals surface area contributed by atoms with E-state index in [4.69, 9.17) is 4.74 Å². The van der Waals surface area contributed by atoms with Crippen molar-refractivity contribution in [2.45, 2.75) is 128 Å². The van der Waals surface area contributed by atoms with E-state index in [2.05, 4.69) is 22.9 Å². The van der Waals surface area contributed by atoms with Crippen molar-refractivity contribution in [2.75, 3.05) is 6.61 Å². The molecule has 214 valence electrons. The molecule has 0 spiro atoms. The highest BCUT2D eigenvalue weighted by Crippen LogP contribution is 2.20. The summed E-state index contributed by atoms with van der Waals surface area (Å²) in [5, 5.41) is 46.4. The molecule has 0 aromatic carbocycles. The summed E-state index contributed by atoms with van der Waals surface area (Å²) in [5.41, 5.74) is 0. The van der Waals surface area contributed by atoms with Crippen molar-refractivity contribution < 1.29 is 44.3 Å². The molecule has 6 atom stereocenters. The van der Waals surface area contributed by atoms with Gasteiger partial charge in [-0.2, -0.15) is 0 Å². The highest BCUT2D eigenvalue weighted by Gasteiger charge is 2.45. The minimum absolute atomic E-state index is 0.184. The maximum atomic E-state index is 12.5. The average Bonchev–Trinajstić information content (AvgIpc) is 2.84. The fraction of sp³-hybridized carbons (Fsp3) is 0.840. The quantitative estimate of drug-likeness (QED) is 0.122. The van der Waals surface area contributed by atoms with Crippen molar-refractivity contribution in [3.63, 3.8) is 0 Å². The van der Waals surface area contributed by atoms with E-state index in [-0.39, 0.29) is 25.2 Å². The largest absolute Gasteiger partial charge is 0.480 e. The molecular formula is C25H45N3O9. The summed E-state index contributed by atoms with van der Waals surface area (Å²) in [6.45, 7) is 2.73. The Balaban J connectivity index is 2.46. The number of hydrogen-bond acceptors (Lipinski definition) is 8. The molecule has 1 saturated heterocycles. The molecule has 0 aromatic rings. The molecule has 1 aliphatic heterocycles. The molecule has 0 saturated carbocycles. The number of carbonyl (C=O) groups excluding carboxylic acids is 3. The Morgan fingerprint density at radius 1 is 0.838 bits per heavy atom. The molecule has 7 N–H and O–H groups in total. The van der Waals surface area contributed by atoms with Crippen molar-refractivity contribution in [3.8, 4) is 0 Å². The van der Waals surface area contributed by atoms with Crippen LogP contribution >= 0.6 is 0 Å². The third kappa shape index (κ3) is 12.7. The van der Waals surface area contributed by atoms with Gasteiger partial charge >= 0.3 is 5.97 Å². The normalized spacial score (nSPS) is 24.2. The number of aliphatic carboxylic acids is 1. The first-order chi connectivity index (χ1) is 17.6. The van der Waals surface area contributed by atoms with Crippen LogP contribution in [0, 0.1) is 0 Å². The van der Waals surface area contributed by atoms with E-state index in [1.165, 1.54) is 39.0 Å². The summed E-state index contributed by atoms with van der Waals surface area (Å²) < 4.78 is 5.43. The standard InChI is InChI=1S/C25H45N3O9/c1-3-4-5-6-7-8-9-10-11-12-19(31)27-17(25(35)36)13-14-20(32)28-24-21(26-16(2)30)23(34)22(33)18(15-29)37-24/h17-18,21-24,29,33-34H,3-15H2,1-2H3,(H,26,30)(H,27,31)(H,28,32)(H,35,36)/t17-,18+,21+,22+,23+,24+/m0/s1. The first-order valence-corrected chi connectivity index (χ1v) is 13.3. The minimum Gasteiger partial charge on any atom is -0.480 e. The minimum atomic E-state index is -1.52. The van der Waals surface area contributed by atoms with Crippen LogP contribution in [0.1, 0.15) is 90.9 Å². The van der Waals surface area contributed by atoms with Crippen molar-refractivity contribution in [1.82, 2.24) is 16.0 Å². The average molecular weight is 532 g/mol. The molecular weight excluding hydrogens is 486 g/mol. The fourth-order valence-electron chi connectivity index (χ4n) is 4.26. The van der Waals surface area contributed by atoms with E-state index in [1.54, 1.807) is 0 Å². The summed E-state index contributed by atoms with van der Waals surface area (Å²) in [6, 6.07) is -2.45. The van der Waals surface area contributed by atoms with Crippen LogP contribution in [0.2, 0.25) is 0 Å². The van der Waals surface area contributed by atoms with Gasteiger partial charge in [0.05, 0.1) is 6.61 Å². The Morgan fingerprint density at radius 2 is 1.43 bits per heavy atom. The lowest BCUT2D eigenvalue weighted by Crippen LogP contribution is -2.68. The number of aliphatic hydroxyl groups excluding tert-OH is 3. The van der Waals surface area contributed by atoms with Gasteiger partial charge in [0.2, 0.25) is 17.7 Å². The number of nitrogens with one attached hydrogen (secondary N) is 3. The second-order valence-electron chi connectivity index (χ2n) is 9.63. The second-order valence-corrected chi connectivity index (χ2v) is 9.63. The zero-order valence-electron chi connectivity index (χ0n) is 22.0. The number of aliphatic hydroxyl groups is 3. The molecule has 12 nitrogen and oxygen atoms in total. The summed E-state index contributed by atoms with van der Waals surface area (Å²) in [4.78, 5) is 47.8. The molecule has 1 aliphatic rings. The zero-order chi connectivity index (χ0) is 27.8. The van der Waals surface area contributed by atoms with E-state index in [1.807, 2.05) is 0 Å². The first kappa shape index (κ1) is 32.7. The number of unbranched alkanes of at least 4 members (excludes halogenated alkanes) is 8. The molecule has 0 aliphatic carbocycles. The van der Waals surface area contributed by atoms with Crippen molar-refractivity contribution >= 4 is 23.7 Å². The van der Waals surface area contributed by atoms with E-state index < -0.39 is 61.0 Å². The van der Waals surface area contributed by atoms with Crippen LogP contribution in [0.25, 0.3) is 0 Å². The monoisotopic (exact) mass is 531 g/mol. The molecule has 0 bridgehead atoms. The highest BCUT2D eigenvalue weighted by atomic mass is 16.5. The topological polar surface area (TPSA) is 195 Å². The van der Waals surface area contributed by atoms with Crippen LogP contribution in [0.5, 0.6) is 0 Å². The van der Waals surface area contributed by atoms with Crippen molar-refractivity contribution in [2.24, 2.45) is 0 Å². The summed E-state index contributed by atoms with van der Waals surface area (Å²) >= 11 is 0. The van der Waals surface area contributed by atoms with Gasteiger partial charge in [-0.15, -0.1) is 0 Å². The molecule has 1 rings (SSSR count). The van der Waals surface area contributed by atoms with Gasteiger partial charge in [-0.3, -0.25) is 14.4 Å². The maximum Gasteiger partial charge on any atom is 0.326 e. The van der Waals surface area contributed by atoms with E-state index in [0.29, 0.717) is 6.42 Å². The van der Waals surface area contributed by atoms with Gasteiger partial charge in [-0.05, 0) is 12.8 Å². The van der Waals surface area contributed by atoms with Gasteiger partial charge in [0.1, 0.15) is 30.4 Å². The van der Waals surface area contributed by atoms with Crippen LogP contribution in [0.4, 0.5) is 0 Å². The van der Waals surface area contributed by atoms with Crippen LogP contribution in [0.15, 0.2) is 0 Å². The summed E-state index contributed by atoms with van der Waals surface area (Å²) in [7, 11) is 0. The van der Waals surface area contributed by atoms with E-state index in [9.17, 15) is 39.6 Å². The number of ether oxygens (including phenoxy) is 1. The predicted molar refractivity (Wildman–Crippen MR) is 134 cm³/mol. The highest BCUT2D eigenvalue weighted by molar-refractivity contribution is 5.84. The van der Waals surface area contributed by atoms with Crippen LogP contribution in [0.3, 0.4) is 0 Å². The Hall–Kier alpha value is -2.28. The lowest BCUT2D eigenvalue weighted by molar-refractivity contribution is -0.203. The van der Waals surface area contributed by atoms with Gasteiger partial charge in [0, 0.05) is 19.8 Å². The number of carboxylic acid groups (broad SMARTS) is 1. The van der Waals surface area contributed by atoms with Gasteiger partial charge in [0.25, 0.3) is 0 Å². The number of carboxylic acids is 1. The van der Waals surface area contributed by atoms with Gasteiger partial charge in [0.15, 0.2) is 6.23 Å². The molecule has 1 fully saturated rings. The van der Waals surface area contributed by atoms with Crippen LogP contribution < -0.4 is 16.0 Å². The van der Waals surface area contributed by atoms with Gasteiger partial charge in [-0.25, -0.2) is 4.79 Å². The number of rotatable bonds is 18. The smallest absolute Gasteiger partial charge is 0.326 e. The predicted octanol–water partition coefficient (Wildman–Crippen LogP) is 0.317. The Morgan fingerprint density at radius 3 is 1.97 bits per heavy atom. The van der Waals surface area contributed by atoms with E-state index >= 15 is 0 Å². The number of hydrogen-bond donors (Lipinski definition) is 7.